The molecule has 28 heavy (non-hydrogen) atoms. The summed E-state index contributed by atoms with van der Waals surface area (Å²) in [5.41, 5.74) is 0.490. The molecule has 2 aromatic rings. The van der Waals surface area contributed by atoms with Crippen molar-refractivity contribution in [3.8, 4) is 11.5 Å². The number of nitrogens with one attached hydrogen (secondary N) is 1. The van der Waals surface area contributed by atoms with E-state index in [1.54, 1.807) is 18.2 Å². The number of ether oxygens (including phenoxy) is 2. The van der Waals surface area contributed by atoms with Crippen LogP contribution in [0.1, 0.15) is 17.3 Å². The molecule has 0 saturated carbocycles. The van der Waals surface area contributed by atoms with E-state index in [4.69, 9.17) is 32.7 Å². The summed E-state index contributed by atoms with van der Waals surface area (Å²) >= 11 is 12.1. The fourth-order valence-corrected chi connectivity index (χ4v) is 3.63. The topological polar surface area (TPSA) is 84.9 Å². The van der Waals surface area contributed by atoms with Crippen LogP contribution in [0.25, 0.3) is 0 Å². The molecular weight excluding hydrogens is 427 g/mol. The van der Waals surface area contributed by atoms with Gasteiger partial charge in [-0.05, 0) is 25.1 Å². The largest absolute Gasteiger partial charge is 0.493 e. The Bertz CT molecular complexity index is 996. The third-order valence-corrected chi connectivity index (χ3v) is 6.65. The Morgan fingerprint density at radius 2 is 1.75 bits per heavy atom. The van der Waals surface area contributed by atoms with Crippen LogP contribution in [0, 0.1) is 0 Å². The maximum Gasteiger partial charge on any atom is 0.257 e. The van der Waals surface area contributed by atoms with Crippen molar-refractivity contribution in [2.45, 2.75) is 6.92 Å². The van der Waals surface area contributed by atoms with E-state index in [9.17, 15) is 13.2 Å². The number of carbonyl (C=O) groups excluding carboxylic acids is 1. The van der Waals surface area contributed by atoms with Gasteiger partial charge in [-0.3, -0.25) is 9.10 Å². The monoisotopic (exact) mass is 446 g/mol. The summed E-state index contributed by atoms with van der Waals surface area (Å²) in [6, 6.07) is 7.64. The lowest BCUT2D eigenvalue weighted by Gasteiger charge is -2.23. The molecule has 152 valence electrons. The maximum atomic E-state index is 13.0. The SMILES string of the molecule is CCS(=O)(=O)N(C)c1cc(OC)c(OC)cc1C(=O)Nc1cccc(Cl)c1Cl. The number of rotatable bonds is 7. The Morgan fingerprint density at radius 3 is 2.32 bits per heavy atom. The summed E-state index contributed by atoms with van der Waals surface area (Å²) in [5.74, 6) is -0.166. The second-order valence-electron chi connectivity index (χ2n) is 5.65. The maximum absolute atomic E-state index is 13.0. The van der Waals surface area contributed by atoms with Crippen molar-refractivity contribution in [1.29, 1.82) is 0 Å². The molecular formula is C18H20Cl2N2O5S. The van der Waals surface area contributed by atoms with Gasteiger partial charge < -0.3 is 14.8 Å². The van der Waals surface area contributed by atoms with E-state index < -0.39 is 15.9 Å². The molecule has 1 amide bonds. The van der Waals surface area contributed by atoms with Gasteiger partial charge in [0.05, 0.1) is 47.0 Å². The summed E-state index contributed by atoms with van der Waals surface area (Å²) < 4.78 is 36.3. The summed E-state index contributed by atoms with van der Waals surface area (Å²) in [6.07, 6.45) is 0. The zero-order chi connectivity index (χ0) is 21.1. The molecule has 0 radical (unpaired) electrons. The molecule has 0 aliphatic carbocycles. The molecule has 0 bridgehead atoms. The van der Waals surface area contributed by atoms with Gasteiger partial charge in [0.2, 0.25) is 10.0 Å². The van der Waals surface area contributed by atoms with Crippen molar-refractivity contribution in [3.05, 3.63) is 45.9 Å². The number of methoxy groups -OCH3 is 2. The average Bonchev–Trinajstić information content (AvgIpc) is 2.69. The van der Waals surface area contributed by atoms with E-state index in [1.807, 2.05) is 0 Å². The number of halogens is 2. The minimum atomic E-state index is -3.63. The molecule has 0 atom stereocenters. The number of anilines is 2. The van der Waals surface area contributed by atoms with Crippen LogP contribution in [0.15, 0.2) is 30.3 Å². The van der Waals surface area contributed by atoms with Gasteiger partial charge in [-0.2, -0.15) is 0 Å². The summed E-state index contributed by atoms with van der Waals surface area (Å²) in [6.45, 7) is 1.51. The summed E-state index contributed by atoms with van der Waals surface area (Å²) in [7, 11) is 0.569. The Labute approximate surface area is 174 Å². The Hall–Kier alpha value is -2.16. The van der Waals surface area contributed by atoms with Gasteiger partial charge in [0, 0.05) is 13.1 Å². The fourth-order valence-electron chi connectivity index (χ4n) is 2.44. The lowest BCUT2D eigenvalue weighted by molar-refractivity contribution is 0.102. The highest BCUT2D eigenvalue weighted by Crippen LogP contribution is 2.37. The van der Waals surface area contributed by atoms with Gasteiger partial charge >= 0.3 is 0 Å². The molecule has 2 rings (SSSR count). The van der Waals surface area contributed by atoms with Crippen LogP contribution in [-0.4, -0.2) is 41.3 Å². The molecule has 0 saturated heterocycles. The minimum absolute atomic E-state index is 0.0632. The van der Waals surface area contributed by atoms with E-state index in [-0.39, 0.29) is 38.5 Å². The van der Waals surface area contributed by atoms with Crippen LogP contribution in [0.2, 0.25) is 10.0 Å². The lowest BCUT2D eigenvalue weighted by atomic mass is 10.1. The van der Waals surface area contributed by atoms with E-state index in [2.05, 4.69) is 5.32 Å². The van der Waals surface area contributed by atoms with Crippen molar-refractivity contribution in [1.82, 2.24) is 0 Å². The predicted octanol–water partition coefficient (Wildman–Crippen LogP) is 4.05. The number of nitrogens with zero attached hydrogens (tertiary/aromatic N) is 1. The van der Waals surface area contributed by atoms with Gasteiger partial charge in [0.25, 0.3) is 5.91 Å². The third-order valence-electron chi connectivity index (χ3n) is 4.07. The number of hydrogen-bond donors (Lipinski definition) is 1. The molecule has 0 spiro atoms. The molecule has 1 N–H and O–H groups in total. The third kappa shape index (κ3) is 4.45. The molecule has 0 heterocycles. The molecule has 0 unspecified atom stereocenters. The van der Waals surface area contributed by atoms with Crippen molar-refractivity contribution >= 4 is 50.5 Å². The van der Waals surface area contributed by atoms with Crippen LogP contribution in [0.4, 0.5) is 11.4 Å². The molecule has 0 aliphatic heterocycles. The molecule has 7 nitrogen and oxygen atoms in total. The number of carbonyl (C=O) groups is 1. The number of amides is 1. The Kier molecular flexibility index (Phi) is 7.03. The number of benzene rings is 2. The first-order valence-corrected chi connectivity index (χ1v) is 10.5. The highest BCUT2D eigenvalue weighted by molar-refractivity contribution is 7.92. The number of hydrogen-bond acceptors (Lipinski definition) is 5. The molecule has 0 aromatic heterocycles. The molecule has 0 fully saturated rings. The van der Waals surface area contributed by atoms with Crippen molar-refractivity contribution < 1.29 is 22.7 Å². The van der Waals surface area contributed by atoms with Gasteiger partial charge in [0.1, 0.15) is 0 Å². The van der Waals surface area contributed by atoms with E-state index >= 15 is 0 Å². The quantitative estimate of drug-likeness (QED) is 0.693. The zero-order valence-electron chi connectivity index (χ0n) is 15.7. The zero-order valence-corrected chi connectivity index (χ0v) is 18.1. The predicted molar refractivity (Wildman–Crippen MR) is 112 cm³/mol. The first-order valence-electron chi connectivity index (χ1n) is 8.14. The second-order valence-corrected chi connectivity index (χ2v) is 8.72. The van der Waals surface area contributed by atoms with Gasteiger partial charge in [-0.1, -0.05) is 29.3 Å². The highest BCUT2D eigenvalue weighted by atomic mass is 35.5. The summed E-state index contributed by atoms with van der Waals surface area (Å²) in [4.78, 5) is 13.0. The Morgan fingerprint density at radius 1 is 1.14 bits per heavy atom. The summed E-state index contributed by atoms with van der Waals surface area (Å²) in [5, 5.41) is 3.10. The van der Waals surface area contributed by atoms with Crippen molar-refractivity contribution in [2.75, 3.05) is 36.6 Å². The van der Waals surface area contributed by atoms with Gasteiger partial charge in [-0.25, -0.2) is 8.42 Å². The van der Waals surface area contributed by atoms with E-state index in [1.165, 1.54) is 40.3 Å². The van der Waals surface area contributed by atoms with Gasteiger partial charge in [0.15, 0.2) is 11.5 Å². The Balaban J connectivity index is 2.60. The van der Waals surface area contributed by atoms with Crippen LogP contribution < -0.4 is 19.1 Å². The van der Waals surface area contributed by atoms with Gasteiger partial charge in [-0.15, -0.1) is 0 Å². The molecule has 0 aliphatic rings. The number of sulfonamides is 1. The second kappa shape index (κ2) is 8.89. The first-order chi connectivity index (χ1) is 13.2. The van der Waals surface area contributed by atoms with Crippen LogP contribution in [0.3, 0.4) is 0 Å². The first kappa shape index (κ1) is 22.1. The smallest absolute Gasteiger partial charge is 0.257 e. The average molecular weight is 447 g/mol. The normalized spacial score (nSPS) is 11.1. The standard InChI is InChI=1S/C18H20Cl2N2O5S/c1-5-28(24,25)22(2)14-10-16(27-4)15(26-3)9-11(14)18(23)21-13-8-6-7-12(19)17(13)20/h6-10H,5H2,1-4H3,(H,21,23). The van der Waals surface area contributed by atoms with Crippen LogP contribution >= 0.6 is 23.2 Å². The van der Waals surface area contributed by atoms with Crippen molar-refractivity contribution in [2.24, 2.45) is 0 Å². The van der Waals surface area contributed by atoms with E-state index in [0.717, 1.165) is 4.31 Å². The minimum Gasteiger partial charge on any atom is -0.493 e. The van der Waals surface area contributed by atoms with Crippen LogP contribution in [0.5, 0.6) is 11.5 Å². The fraction of sp³-hybridized carbons (Fsp3) is 0.278. The molecule has 2 aromatic carbocycles. The van der Waals surface area contributed by atoms with Crippen LogP contribution in [-0.2, 0) is 10.0 Å². The molecule has 10 heteroatoms. The highest BCUT2D eigenvalue weighted by Gasteiger charge is 2.25. The van der Waals surface area contributed by atoms with E-state index in [0.29, 0.717) is 5.69 Å². The lowest BCUT2D eigenvalue weighted by Crippen LogP contribution is -2.30. The van der Waals surface area contributed by atoms with Crippen molar-refractivity contribution in [3.63, 3.8) is 0 Å².